The summed E-state index contributed by atoms with van der Waals surface area (Å²) < 4.78 is 48.6. The number of hydrogen-bond acceptors (Lipinski definition) is 18. The first-order valence-corrected chi connectivity index (χ1v) is 16.7. The highest BCUT2D eigenvalue weighted by Gasteiger charge is 2.20. The minimum absolute atomic E-state index is 0.0260. The van der Waals surface area contributed by atoms with Crippen molar-refractivity contribution in [2.24, 2.45) is 5.10 Å². The Morgan fingerprint density at radius 3 is 1.87 bits per heavy atom. The van der Waals surface area contributed by atoms with Gasteiger partial charge in [0.25, 0.3) is 0 Å². The lowest BCUT2D eigenvalue weighted by Gasteiger charge is -2.16. The van der Waals surface area contributed by atoms with Gasteiger partial charge in [0.2, 0.25) is 32.3 Å². The predicted molar refractivity (Wildman–Crippen MR) is 196 cm³/mol. The molecule has 4 rings (SSSR count). The second kappa shape index (κ2) is 20.7. The van der Waals surface area contributed by atoms with E-state index in [4.69, 9.17) is 42.6 Å². The molecule has 0 saturated carbocycles. The summed E-state index contributed by atoms with van der Waals surface area (Å²) in [7, 11) is 0. The average Bonchev–Trinajstić information content (AvgIpc) is 3.61. The van der Waals surface area contributed by atoms with Crippen molar-refractivity contribution in [1.29, 1.82) is 0 Å². The number of anilines is 1. The van der Waals surface area contributed by atoms with E-state index in [2.05, 4.69) is 35.2 Å². The normalized spacial score (nSPS) is 10.4. The van der Waals surface area contributed by atoms with Crippen LogP contribution in [0.1, 0.15) is 29.3 Å². The predicted octanol–water partition coefficient (Wildman–Crippen LogP) is 5.45. The molecular weight excluding hydrogens is 742 g/mol. The van der Waals surface area contributed by atoms with Crippen LogP contribution < -0.4 is 29.1 Å². The monoisotopic (exact) mass is 775 g/mol. The van der Waals surface area contributed by atoms with Gasteiger partial charge in [0.15, 0.2) is 23.0 Å². The molecule has 0 spiro atoms. The molecule has 55 heavy (non-hydrogen) atoms. The minimum Gasteiger partial charge on any atom is -0.453 e. The fraction of sp³-hybridized carbons (Fsp3) is 0.162. The van der Waals surface area contributed by atoms with Crippen molar-refractivity contribution >= 4 is 62.7 Å². The first-order chi connectivity index (χ1) is 26.6. The van der Waals surface area contributed by atoms with Crippen molar-refractivity contribution in [3.63, 3.8) is 0 Å². The number of carbonyl (C=O) groups excluding carboxylic acids is 5. The van der Waals surface area contributed by atoms with E-state index in [1.165, 1.54) is 47.9 Å². The van der Waals surface area contributed by atoms with E-state index in [9.17, 15) is 24.0 Å². The maximum atomic E-state index is 13.6. The molecule has 0 bridgehead atoms. The molecule has 17 nitrogen and oxygen atoms in total. The largest absolute Gasteiger partial charge is 0.453 e. The van der Waals surface area contributed by atoms with Gasteiger partial charge in [-0.15, -0.1) is 0 Å². The van der Waals surface area contributed by atoms with Gasteiger partial charge in [0.05, 0.1) is 22.0 Å². The standard InChI is InChI=1S/C37H33N3O14S/c1-5-32(41)50-19-46-26-14-13-23(15-28(26)47-20-51-33(42)6-2)36(45)54-27-17-30(49-22-53-35(44)8-4)29(48-21-52-34(43)7-3)16-24(27)18-38-40-37-39-25-11-9-10-12-31(25)55-37/h5,7-18H,1,3-4,6,19-22H2,2H3,(H,39,40)/b38-18+. The average molecular weight is 776 g/mol. The Morgan fingerprint density at radius 2 is 1.27 bits per heavy atom. The Morgan fingerprint density at radius 1 is 0.709 bits per heavy atom. The van der Waals surface area contributed by atoms with Crippen molar-refractivity contribution in [1.82, 2.24) is 4.98 Å². The van der Waals surface area contributed by atoms with E-state index in [-0.39, 0.29) is 46.3 Å². The van der Waals surface area contributed by atoms with Gasteiger partial charge >= 0.3 is 29.8 Å². The third-order valence-electron chi connectivity index (χ3n) is 6.59. The molecule has 0 unspecified atom stereocenters. The summed E-state index contributed by atoms with van der Waals surface area (Å²) in [5, 5.41) is 4.72. The number of aromatic nitrogens is 1. The van der Waals surface area contributed by atoms with E-state index in [0.717, 1.165) is 28.4 Å². The number of ether oxygens (including phenoxy) is 9. The highest BCUT2D eigenvalue weighted by atomic mass is 32.1. The summed E-state index contributed by atoms with van der Waals surface area (Å²) >= 11 is 1.35. The second-order valence-electron chi connectivity index (χ2n) is 10.2. The van der Waals surface area contributed by atoms with Gasteiger partial charge in [-0.05, 0) is 36.4 Å². The molecule has 1 heterocycles. The van der Waals surface area contributed by atoms with Gasteiger partial charge in [0, 0.05) is 36.3 Å². The molecule has 286 valence electrons. The van der Waals surface area contributed by atoms with Crippen LogP contribution in [0.2, 0.25) is 0 Å². The lowest BCUT2D eigenvalue weighted by atomic mass is 10.1. The van der Waals surface area contributed by atoms with Crippen LogP contribution in [0.3, 0.4) is 0 Å². The number of hydrazone groups is 1. The number of hydrogen-bond donors (Lipinski definition) is 1. The molecule has 18 heteroatoms. The van der Waals surface area contributed by atoms with Crippen molar-refractivity contribution in [2.45, 2.75) is 13.3 Å². The number of thiazole rings is 1. The second-order valence-corrected chi connectivity index (χ2v) is 11.2. The third-order valence-corrected chi connectivity index (χ3v) is 7.53. The first kappa shape index (κ1) is 40.6. The number of para-hydroxylation sites is 1. The topological polar surface area (TPSA) is 206 Å². The van der Waals surface area contributed by atoms with E-state index < -0.39 is 57.0 Å². The summed E-state index contributed by atoms with van der Waals surface area (Å²) in [5.74, 6) is -4.09. The molecule has 0 fully saturated rings. The van der Waals surface area contributed by atoms with Gasteiger partial charge in [-0.2, -0.15) is 5.10 Å². The van der Waals surface area contributed by atoms with Gasteiger partial charge in [-0.1, -0.05) is 50.1 Å². The number of rotatable bonds is 21. The van der Waals surface area contributed by atoms with Crippen LogP contribution in [0.25, 0.3) is 10.2 Å². The number of carbonyl (C=O) groups is 5. The highest BCUT2D eigenvalue weighted by Crippen LogP contribution is 2.36. The van der Waals surface area contributed by atoms with Crippen molar-refractivity contribution in [2.75, 3.05) is 32.6 Å². The zero-order chi connectivity index (χ0) is 39.6. The number of nitrogens with zero attached hydrogens (tertiary/aromatic N) is 2. The highest BCUT2D eigenvalue weighted by molar-refractivity contribution is 7.22. The van der Waals surface area contributed by atoms with Crippen molar-refractivity contribution < 1.29 is 66.6 Å². The van der Waals surface area contributed by atoms with E-state index >= 15 is 0 Å². The molecule has 0 aliphatic rings. The molecule has 0 saturated heterocycles. The van der Waals surface area contributed by atoms with Gasteiger partial charge in [0.1, 0.15) is 5.75 Å². The first-order valence-electron chi connectivity index (χ1n) is 15.9. The summed E-state index contributed by atoms with van der Waals surface area (Å²) in [4.78, 5) is 64.6. The van der Waals surface area contributed by atoms with Gasteiger partial charge < -0.3 is 42.6 Å². The van der Waals surface area contributed by atoms with Crippen LogP contribution in [0.5, 0.6) is 28.7 Å². The van der Waals surface area contributed by atoms with Crippen LogP contribution >= 0.6 is 11.3 Å². The Balaban J connectivity index is 1.67. The Bertz CT molecular complexity index is 2060. The van der Waals surface area contributed by atoms with Gasteiger partial charge in [-0.25, -0.2) is 24.2 Å². The summed E-state index contributed by atoms with van der Waals surface area (Å²) in [6.45, 7) is 9.32. The molecule has 0 amide bonds. The number of esters is 5. The number of fused-ring (bicyclic) bond motifs is 1. The van der Waals surface area contributed by atoms with E-state index in [1.807, 2.05) is 24.3 Å². The van der Waals surface area contributed by atoms with Crippen LogP contribution in [0.4, 0.5) is 5.13 Å². The fourth-order valence-electron chi connectivity index (χ4n) is 3.97. The Hall–Kier alpha value is -7.21. The molecular formula is C37H33N3O14S. The van der Waals surface area contributed by atoms with Crippen LogP contribution in [0.15, 0.2) is 97.7 Å². The molecule has 0 radical (unpaired) electrons. The number of benzene rings is 3. The zero-order valence-electron chi connectivity index (χ0n) is 29.2. The molecule has 0 atom stereocenters. The molecule has 1 aromatic heterocycles. The molecule has 0 aliphatic heterocycles. The minimum atomic E-state index is -0.925. The van der Waals surface area contributed by atoms with Gasteiger partial charge in [-0.3, -0.25) is 10.2 Å². The SMILES string of the molecule is C=CC(=O)OCOc1cc(/C=N/Nc2nc3ccccc3s2)c(OC(=O)c2ccc(OCOC(=O)C=C)c(OCOC(=O)CC)c2)cc1OCOC(=O)C=C. The summed E-state index contributed by atoms with van der Waals surface area (Å²) in [5.41, 5.74) is 3.67. The van der Waals surface area contributed by atoms with Crippen LogP contribution in [-0.2, 0) is 38.1 Å². The summed E-state index contributed by atoms with van der Waals surface area (Å²) in [6.07, 6.45) is 4.20. The smallest absolute Gasteiger partial charge is 0.343 e. The maximum absolute atomic E-state index is 13.6. The Kier molecular flexibility index (Phi) is 15.3. The number of nitrogens with one attached hydrogen (secondary N) is 1. The lowest BCUT2D eigenvalue weighted by Crippen LogP contribution is -2.14. The van der Waals surface area contributed by atoms with Crippen LogP contribution in [-0.4, -0.2) is 68.2 Å². The molecule has 1 N–H and O–H groups in total. The van der Waals surface area contributed by atoms with Crippen molar-refractivity contribution in [3.8, 4) is 28.7 Å². The zero-order valence-corrected chi connectivity index (χ0v) is 30.0. The third kappa shape index (κ3) is 12.5. The van der Waals surface area contributed by atoms with Crippen LogP contribution in [0, 0.1) is 0 Å². The van der Waals surface area contributed by atoms with E-state index in [0.29, 0.717) is 5.13 Å². The quantitative estimate of drug-likeness (QED) is 0.0212. The lowest BCUT2D eigenvalue weighted by molar-refractivity contribution is -0.150. The molecule has 4 aromatic rings. The van der Waals surface area contributed by atoms with Crippen molar-refractivity contribution in [3.05, 3.63) is 104 Å². The maximum Gasteiger partial charge on any atom is 0.343 e. The Labute approximate surface area is 317 Å². The summed E-state index contributed by atoms with van der Waals surface area (Å²) in [6, 6.07) is 14.0. The van der Waals surface area contributed by atoms with E-state index in [1.54, 1.807) is 6.92 Å². The molecule has 0 aliphatic carbocycles. The fourth-order valence-corrected chi connectivity index (χ4v) is 4.78. The molecule has 3 aromatic carbocycles.